The monoisotopic (exact) mass is 311 g/mol. The number of halogens is 1. The zero-order valence-corrected chi connectivity index (χ0v) is 13.0. The van der Waals surface area contributed by atoms with Gasteiger partial charge >= 0.3 is 0 Å². The average Bonchev–Trinajstić information content (AvgIpc) is 2.91. The van der Waals surface area contributed by atoms with Gasteiger partial charge in [0.05, 0.1) is 0 Å². The standard InChI is InChI=1S/C12H25N3O2S.ClH/c13-10-12(11-6-2-3-7-11)14-18(16,17)15-8-4-1-5-9-15;/h11-12,14H,1-10,13H2;1H. The molecule has 0 amide bonds. The Bertz CT molecular complexity index is 352. The van der Waals surface area contributed by atoms with Gasteiger partial charge in [0, 0.05) is 25.7 Å². The molecule has 1 saturated carbocycles. The molecule has 5 nitrogen and oxygen atoms in total. The summed E-state index contributed by atoms with van der Waals surface area (Å²) in [5, 5.41) is 0. The smallest absolute Gasteiger partial charge is 0.279 e. The van der Waals surface area contributed by atoms with Gasteiger partial charge in [-0.1, -0.05) is 19.3 Å². The lowest BCUT2D eigenvalue weighted by Gasteiger charge is -2.30. The molecule has 0 spiro atoms. The average molecular weight is 312 g/mol. The lowest BCUT2D eigenvalue weighted by atomic mass is 9.99. The number of nitrogens with one attached hydrogen (secondary N) is 1. The van der Waals surface area contributed by atoms with Crippen LogP contribution in [0.15, 0.2) is 0 Å². The number of hydrogen-bond donors (Lipinski definition) is 2. The second kappa shape index (κ2) is 7.78. The van der Waals surface area contributed by atoms with Gasteiger partial charge in [0.15, 0.2) is 0 Å². The first kappa shape index (κ1) is 17.2. The number of hydrogen-bond acceptors (Lipinski definition) is 3. The first-order valence-electron chi connectivity index (χ1n) is 7.11. The molecule has 0 aromatic heterocycles. The highest BCUT2D eigenvalue weighted by atomic mass is 35.5. The fourth-order valence-electron chi connectivity index (χ4n) is 3.07. The molecule has 1 aliphatic carbocycles. The second-order valence-corrected chi connectivity index (χ2v) is 7.17. The highest BCUT2D eigenvalue weighted by Gasteiger charge is 2.31. The Labute approximate surface area is 122 Å². The summed E-state index contributed by atoms with van der Waals surface area (Å²) < 4.78 is 28.9. The van der Waals surface area contributed by atoms with Crippen LogP contribution >= 0.6 is 12.4 Å². The van der Waals surface area contributed by atoms with Gasteiger partial charge in [-0.15, -0.1) is 12.4 Å². The maximum absolute atomic E-state index is 12.3. The summed E-state index contributed by atoms with van der Waals surface area (Å²) in [6.45, 7) is 1.70. The topological polar surface area (TPSA) is 75.4 Å². The molecular formula is C12H26ClN3O2S. The summed E-state index contributed by atoms with van der Waals surface area (Å²) in [5.41, 5.74) is 5.74. The summed E-state index contributed by atoms with van der Waals surface area (Å²) in [5.74, 6) is 0.426. The van der Waals surface area contributed by atoms with Crippen molar-refractivity contribution in [2.24, 2.45) is 11.7 Å². The summed E-state index contributed by atoms with van der Waals surface area (Å²) in [6, 6.07) is -0.0839. The van der Waals surface area contributed by atoms with Crippen LogP contribution < -0.4 is 10.5 Å². The van der Waals surface area contributed by atoms with Crippen LogP contribution in [0, 0.1) is 5.92 Å². The van der Waals surface area contributed by atoms with Crippen LogP contribution in [-0.2, 0) is 10.2 Å². The molecule has 1 atom stereocenters. The molecular weight excluding hydrogens is 286 g/mol. The summed E-state index contributed by atoms with van der Waals surface area (Å²) in [6.07, 6.45) is 7.68. The maximum Gasteiger partial charge on any atom is 0.279 e. The minimum absolute atomic E-state index is 0. The number of nitrogens with two attached hydrogens (primary N) is 1. The predicted molar refractivity (Wildman–Crippen MR) is 79.5 cm³/mol. The Hall–Kier alpha value is 0.120. The van der Waals surface area contributed by atoms with E-state index in [1.54, 1.807) is 4.31 Å². The van der Waals surface area contributed by atoms with Crippen LogP contribution in [0.1, 0.15) is 44.9 Å². The summed E-state index contributed by atoms with van der Waals surface area (Å²) in [4.78, 5) is 0. The molecule has 19 heavy (non-hydrogen) atoms. The zero-order valence-electron chi connectivity index (χ0n) is 11.4. The molecule has 0 aromatic carbocycles. The SMILES string of the molecule is Cl.NCC(NS(=O)(=O)N1CCCCC1)C1CCCC1. The van der Waals surface area contributed by atoms with Gasteiger partial charge in [0.2, 0.25) is 0 Å². The van der Waals surface area contributed by atoms with Crippen molar-refractivity contribution in [3.05, 3.63) is 0 Å². The van der Waals surface area contributed by atoms with Crippen molar-refractivity contribution < 1.29 is 8.42 Å². The van der Waals surface area contributed by atoms with Crippen molar-refractivity contribution >= 4 is 22.6 Å². The van der Waals surface area contributed by atoms with Gasteiger partial charge in [-0.3, -0.25) is 0 Å². The molecule has 0 bridgehead atoms. The molecule has 1 heterocycles. The Morgan fingerprint density at radius 3 is 2.21 bits per heavy atom. The van der Waals surface area contributed by atoms with Crippen molar-refractivity contribution in [2.45, 2.75) is 51.0 Å². The molecule has 2 fully saturated rings. The molecule has 7 heteroatoms. The third kappa shape index (κ3) is 4.56. The minimum atomic E-state index is -3.33. The molecule has 2 rings (SSSR count). The van der Waals surface area contributed by atoms with E-state index >= 15 is 0 Å². The normalized spacial score (nSPS) is 24.1. The van der Waals surface area contributed by atoms with Crippen LogP contribution in [0.4, 0.5) is 0 Å². The van der Waals surface area contributed by atoms with E-state index in [0.717, 1.165) is 32.1 Å². The Kier molecular flexibility index (Phi) is 7.04. The largest absolute Gasteiger partial charge is 0.329 e. The van der Waals surface area contributed by atoms with Crippen LogP contribution in [0.25, 0.3) is 0 Å². The van der Waals surface area contributed by atoms with Crippen molar-refractivity contribution in [3.8, 4) is 0 Å². The van der Waals surface area contributed by atoms with Crippen LogP contribution in [0.5, 0.6) is 0 Å². The van der Waals surface area contributed by atoms with Crippen molar-refractivity contribution in [1.82, 2.24) is 9.03 Å². The molecule has 0 aromatic rings. The molecule has 2 aliphatic rings. The number of nitrogens with zero attached hydrogens (tertiary/aromatic N) is 1. The van der Waals surface area contributed by atoms with Gasteiger partial charge in [0.25, 0.3) is 10.2 Å². The fourth-order valence-corrected chi connectivity index (χ4v) is 4.63. The van der Waals surface area contributed by atoms with E-state index < -0.39 is 10.2 Å². The van der Waals surface area contributed by atoms with Crippen LogP contribution in [-0.4, -0.2) is 38.4 Å². The molecule has 0 radical (unpaired) electrons. The van der Waals surface area contributed by atoms with E-state index in [0.29, 0.717) is 25.6 Å². The van der Waals surface area contributed by atoms with E-state index in [1.165, 1.54) is 12.8 Å². The minimum Gasteiger partial charge on any atom is -0.329 e. The maximum atomic E-state index is 12.3. The van der Waals surface area contributed by atoms with Crippen LogP contribution in [0.2, 0.25) is 0 Å². The number of rotatable bonds is 5. The quantitative estimate of drug-likeness (QED) is 0.802. The number of piperidine rings is 1. The van der Waals surface area contributed by atoms with E-state index in [-0.39, 0.29) is 18.4 Å². The van der Waals surface area contributed by atoms with Gasteiger partial charge < -0.3 is 5.73 Å². The van der Waals surface area contributed by atoms with Gasteiger partial charge in [-0.2, -0.15) is 17.4 Å². The lowest BCUT2D eigenvalue weighted by Crippen LogP contribution is -2.51. The van der Waals surface area contributed by atoms with Crippen molar-refractivity contribution in [3.63, 3.8) is 0 Å². The summed E-state index contributed by atoms with van der Waals surface area (Å²) in [7, 11) is -3.33. The summed E-state index contributed by atoms with van der Waals surface area (Å²) >= 11 is 0. The molecule has 3 N–H and O–H groups in total. The molecule has 1 unspecified atom stereocenters. The van der Waals surface area contributed by atoms with Gasteiger partial charge in [-0.05, 0) is 31.6 Å². The van der Waals surface area contributed by atoms with Gasteiger partial charge in [0.1, 0.15) is 0 Å². The van der Waals surface area contributed by atoms with E-state index in [2.05, 4.69) is 4.72 Å². The lowest BCUT2D eigenvalue weighted by molar-refractivity contribution is 0.328. The third-order valence-corrected chi connectivity index (χ3v) is 5.82. The van der Waals surface area contributed by atoms with E-state index in [1.807, 2.05) is 0 Å². The van der Waals surface area contributed by atoms with Crippen molar-refractivity contribution in [1.29, 1.82) is 0 Å². The first-order valence-corrected chi connectivity index (χ1v) is 8.55. The fraction of sp³-hybridized carbons (Fsp3) is 1.00. The molecule has 1 saturated heterocycles. The molecule has 114 valence electrons. The Balaban J connectivity index is 0.00000180. The third-order valence-electron chi connectivity index (χ3n) is 4.18. The first-order chi connectivity index (χ1) is 8.63. The highest BCUT2D eigenvalue weighted by molar-refractivity contribution is 7.87. The van der Waals surface area contributed by atoms with Crippen LogP contribution in [0.3, 0.4) is 0 Å². The van der Waals surface area contributed by atoms with E-state index in [9.17, 15) is 8.42 Å². The highest BCUT2D eigenvalue weighted by Crippen LogP contribution is 2.28. The van der Waals surface area contributed by atoms with E-state index in [4.69, 9.17) is 5.73 Å². The predicted octanol–water partition coefficient (Wildman–Crippen LogP) is 1.25. The second-order valence-electron chi connectivity index (χ2n) is 5.47. The Morgan fingerprint density at radius 2 is 1.68 bits per heavy atom. The molecule has 1 aliphatic heterocycles. The van der Waals surface area contributed by atoms with Crippen molar-refractivity contribution in [2.75, 3.05) is 19.6 Å². The Morgan fingerprint density at radius 1 is 1.11 bits per heavy atom. The van der Waals surface area contributed by atoms with Gasteiger partial charge in [-0.25, -0.2) is 0 Å². The zero-order chi connectivity index (χ0) is 13.0.